The number of hydrogen-bond donors (Lipinski definition) is 2. The van der Waals surface area contributed by atoms with Gasteiger partial charge in [0.2, 0.25) is 0 Å². The molecule has 2 atom stereocenters. The lowest BCUT2D eigenvalue weighted by molar-refractivity contribution is 0.100. The minimum Gasteiger partial charge on any atom is -0.382 e. The fraction of sp³-hybridized carbons (Fsp3) is 0.667. The first-order chi connectivity index (χ1) is 6.76. The van der Waals surface area contributed by atoms with Crippen LogP contribution in [0.5, 0.6) is 0 Å². The lowest BCUT2D eigenvalue weighted by Crippen LogP contribution is -2.39. The molecule has 0 saturated heterocycles. The number of nitrogens with zero attached hydrogens (tertiary/aromatic N) is 1. The Morgan fingerprint density at radius 1 is 1.71 bits per heavy atom. The number of aromatic nitrogens is 1. The second-order valence-corrected chi connectivity index (χ2v) is 4.29. The van der Waals surface area contributed by atoms with E-state index in [1.165, 1.54) is 4.88 Å². The molecule has 0 amide bonds. The first-order valence-corrected chi connectivity index (χ1v) is 5.50. The molecule has 0 saturated carbocycles. The zero-order valence-corrected chi connectivity index (χ0v) is 9.38. The molecule has 0 spiro atoms. The van der Waals surface area contributed by atoms with Gasteiger partial charge in [-0.1, -0.05) is 0 Å². The minimum absolute atomic E-state index is 0.226. The van der Waals surface area contributed by atoms with E-state index in [-0.39, 0.29) is 12.1 Å². The van der Waals surface area contributed by atoms with E-state index in [1.54, 1.807) is 18.4 Å². The highest BCUT2D eigenvalue weighted by Gasteiger charge is 2.12. The first-order valence-electron chi connectivity index (χ1n) is 4.62. The van der Waals surface area contributed by atoms with Crippen LogP contribution in [-0.4, -0.2) is 24.2 Å². The van der Waals surface area contributed by atoms with Crippen LogP contribution in [0.2, 0.25) is 0 Å². The van der Waals surface area contributed by atoms with Gasteiger partial charge in [-0.25, -0.2) is 0 Å². The van der Waals surface area contributed by atoms with Gasteiger partial charge in [0.05, 0.1) is 11.6 Å². The van der Waals surface area contributed by atoms with E-state index < -0.39 is 0 Å². The van der Waals surface area contributed by atoms with E-state index in [1.807, 2.05) is 18.6 Å². The molecule has 1 aromatic heterocycles. The predicted octanol–water partition coefficient (Wildman–Crippen LogP) is 0.942. The van der Waals surface area contributed by atoms with Crippen LogP contribution < -0.4 is 11.3 Å². The number of nitrogens with one attached hydrogen (secondary N) is 1. The topological polar surface area (TPSA) is 60.2 Å². The van der Waals surface area contributed by atoms with Crippen molar-refractivity contribution in [3.8, 4) is 0 Å². The lowest BCUT2D eigenvalue weighted by Gasteiger charge is -2.18. The Hall–Kier alpha value is -0.490. The van der Waals surface area contributed by atoms with E-state index in [0.717, 1.165) is 12.8 Å². The summed E-state index contributed by atoms with van der Waals surface area (Å²) in [6.45, 7) is 2.04. The third-order valence-corrected chi connectivity index (χ3v) is 2.99. The average molecular weight is 215 g/mol. The van der Waals surface area contributed by atoms with E-state index in [4.69, 9.17) is 10.6 Å². The number of ether oxygens (including phenoxy) is 1. The van der Waals surface area contributed by atoms with Gasteiger partial charge >= 0.3 is 0 Å². The van der Waals surface area contributed by atoms with E-state index in [2.05, 4.69) is 10.4 Å². The highest BCUT2D eigenvalue weighted by atomic mass is 32.1. The maximum atomic E-state index is 5.47. The van der Waals surface area contributed by atoms with Gasteiger partial charge in [-0.05, 0) is 13.3 Å². The number of hydrazine groups is 1. The second-order valence-electron chi connectivity index (χ2n) is 3.32. The van der Waals surface area contributed by atoms with Gasteiger partial charge in [-0.3, -0.25) is 16.3 Å². The molecule has 0 aromatic carbocycles. The molecular formula is C9H17N3OS. The molecule has 4 nitrogen and oxygen atoms in total. The fourth-order valence-electron chi connectivity index (χ4n) is 1.29. The SMILES string of the molecule is COC(C)CC(Cc1cncs1)NN. The third kappa shape index (κ3) is 3.71. The van der Waals surface area contributed by atoms with Gasteiger partial charge in [0.25, 0.3) is 0 Å². The smallest absolute Gasteiger partial charge is 0.0794 e. The number of methoxy groups -OCH3 is 1. The standard InChI is InChI=1S/C9H17N3OS/c1-7(13-2)3-8(12-10)4-9-5-11-6-14-9/h5-8,12H,3-4,10H2,1-2H3. The van der Waals surface area contributed by atoms with Crippen LogP contribution in [0, 0.1) is 0 Å². The second kappa shape index (κ2) is 6.08. The Morgan fingerprint density at radius 2 is 2.50 bits per heavy atom. The van der Waals surface area contributed by atoms with Gasteiger partial charge < -0.3 is 4.74 Å². The van der Waals surface area contributed by atoms with Crippen molar-refractivity contribution < 1.29 is 4.74 Å². The van der Waals surface area contributed by atoms with Crippen LogP contribution in [0.1, 0.15) is 18.2 Å². The summed E-state index contributed by atoms with van der Waals surface area (Å²) in [5, 5.41) is 0. The minimum atomic E-state index is 0.226. The fourth-order valence-corrected chi connectivity index (χ4v) is 1.97. The Labute approximate surface area is 88.5 Å². The van der Waals surface area contributed by atoms with Crippen LogP contribution in [0.25, 0.3) is 0 Å². The van der Waals surface area contributed by atoms with Gasteiger partial charge in [-0.2, -0.15) is 0 Å². The maximum absolute atomic E-state index is 5.47. The molecule has 2 unspecified atom stereocenters. The van der Waals surface area contributed by atoms with Crippen molar-refractivity contribution in [1.29, 1.82) is 0 Å². The van der Waals surface area contributed by atoms with Crippen LogP contribution >= 0.6 is 11.3 Å². The average Bonchev–Trinajstić information content (AvgIpc) is 2.69. The molecule has 0 bridgehead atoms. The summed E-state index contributed by atoms with van der Waals surface area (Å²) in [6.07, 6.45) is 3.93. The summed E-state index contributed by atoms with van der Waals surface area (Å²) < 4.78 is 5.19. The highest BCUT2D eigenvalue weighted by Crippen LogP contribution is 2.11. The van der Waals surface area contributed by atoms with E-state index in [0.29, 0.717) is 0 Å². The highest BCUT2D eigenvalue weighted by molar-refractivity contribution is 7.09. The number of nitrogens with two attached hydrogens (primary N) is 1. The summed E-state index contributed by atoms with van der Waals surface area (Å²) in [6, 6.07) is 0.255. The van der Waals surface area contributed by atoms with Gasteiger partial charge in [-0.15, -0.1) is 11.3 Å². The molecule has 3 N–H and O–H groups in total. The zero-order valence-electron chi connectivity index (χ0n) is 8.56. The molecule has 0 fully saturated rings. The molecule has 0 aliphatic rings. The summed E-state index contributed by atoms with van der Waals surface area (Å²) in [5.41, 5.74) is 4.64. The van der Waals surface area contributed by atoms with Crippen molar-refractivity contribution >= 4 is 11.3 Å². The molecule has 80 valence electrons. The lowest BCUT2D eigenvalue weighted by atomic mass is 10.1. The Kier molecular flexibility index (Phi) is 5.03. The maximum Gasteiger partial charge on any atom is 0.0794 e. The largest absolute Gasteiger partial charge is 0.382 e. The van der Waals surface area contributed by atoms with Gasteiger partial charge in [0.1, 0.15) is 0 Å². The first kappa shape index (κ1) is 11.6. The molecule has 14 heavy (non-hydrogen) atoms. The van der Waals surface area contributed by atoms with Crippen LogP contribution in [0.15, 0.2) is 11.7 Å². The number of thiazole rings is 1. The Morgan fingerprint density at radius 3 is 3.00 bits per heavy atom. The van der Waals surface area contributed by atoms with Crippen LogP contribution in [0.3, 0.4) is 0 Å². The van der Waals surface area contributed by atoms with Crippen molar-refractivity contribution in [2.45, 2.75) is 31.9 Å². The Bertz CT molecular complexity index is 240. The Balaban J connectivity index is 2.39. The van der Waals surface area contributed by atoms with Crippen molar-refractivity contribution in [3.63, 3.8) is 0 Å². The van der Waals surface area contributed by atoms with Crippen LogP contribution in [0.4, 0.5) is 0 Å². The summed E-state index contributed by atoms with van der Waals surface area (Å²) in [7, 11) is 1.71. The van der Waals surface area contributed by atoms with E-state index >= 15 is 0 Å². The molecule has 0 aliphatic heterocycles. The van der Waals surface area contributed by atoms with Gasteiger partial charge in [0, 0.05) is 30.6 Å². The third-order valence-electron chi connectivity index (χ3n) is 2.19. The van der Waals surface area contributed by atoms with Crippen molar-refractivity contribution in [3.05, 3.63) is 16.6 Å². The van der Waals surface area contributed by atoms with Gasteiger partial charge in [0.15, 0.2) is 0 Å². The number of rotatable bonds is 6. The quantitative estimate of drug-likeness (QED) is 0.548. The van der Waals surface area contributed by atoms with Crippen molar-refractivity contribution in [2.24, 2.45) is 5.84 Å². The van der Waals surface area contributed by atoms with Crippen LogP contribution in [-0.2, 0) is 11.2 Å². The molecule has 1 rings (SSSR count). The molecule has 1 aromatic rings. The van der Waals surface area contributed by atoms with E-state index in [9.17, 15) is 0 Å². The normalized spacial score (nSPS) is 15.4. The van der Waals surface area contributed by atoms with Crippen molar-refractivity contribution in [2.75, 3.05) is 7.11 Å². The number of hydrogen-bond acceptors (Lipinski definition) is 5. The summed E-state index contributed by atoms with van der Waals surface area (Å²) in [5.74, 6) is 5.47. The van der Waals surface area contributed by atoms with Crippen molar-refractivity contribution in [1.82, 2.24) is 10.4 Å². The summed E-state index contributed by atoms with van der Waals surface area (Å²) >= 11 is 1.65. The predicted molar refractivity (Wildman–Crippen MR) is 58.0 cm³/mol. The molecular weight excluding hydrogens is 198 g/mol. The monoisotopic (exact) mass is 215 g/mol. The molecule has 5 heteroatoms. The molecule has 0 radical (unpaired) electrons. The zero-order chi connectivity index (χ0) is 10.4. The summed E-state index contributed by atoms with van der Waals surface area (Å²) in [4.78, 5) is 5.27. The molecule has 1 heterocycles. The molecule has 0 aliphatic carbocycles.